The molecule has 0 aromatic heterocycles. The lowest BCUT2D eigenvalue weighted by Gasteiger charge is -2.37. The average molecular weight is 367 g/mol. The SMILES string of the molecule is O=C(CCCl)N1CC[C@H]2[C@@H]1CCCCC(=O)N2Cc1ccccc1F. The minimum atomic E-state index is -0.290. The van der Waals surface area contributed by atoms with Gasteiger partial charge in [0.25, 0.3) is 0 Å². The number of likely N-dealkylation sites (tertiary alicyclic amines) is 2. The van der Waals surface area contributed by atoms with Crippen LogP contribution < -0.4 is 0 Å². The average Bonchev–Trinajstić information content (AvgIpc) is 3.00. The summed E-state index contributed by atoms with van der Waals surface area (Å²) in [7, 11) is 0. The third-order valence-electron chi connectivity index (χ3n) is 5.30. The molecule has 2 amide bonds. The molecule has 0 radical (unpaired) electrons. The molecule has 1 aromatic carbocycles. The van der Waals surface area contributed by atoms with Crippen LogP contribution in [0.25, 0.3) is 0 Å². The van der Waals surface area contributed by atoms with Crippen LogP contribution in [-0.4, -0.2) is 46.1 Å². The minimum absolute atomic E-state index is 0.0201. The van der Waals surface area contributed by atoms with Gasteiger partial charge in [0.2, 0.25) is 11.8 Å². The van der Waals surface area contributed by atoms with Gasteiger partial charge in [0.15, 0.2) is 0 Å². The lowest BCUT2D eigenvalue weighted by atomic mass is 9.96. The molecule has 2 aliphatic heterocycles. The standard InChI is InChI=1S/C19H24ClFN2O2/c20-11-9-19(25)22-12-10-17-16(22)7-3-4-8-18(24)23(17)13-14-5-1-2-6-15(14)21/h1-2,5-6,16-17H,3-4,7-13H2/t16-,17-/m0/s1. The molecule has 2 atom stereocenters. The summed E-state index contributed by atoms with van der Waals surface area (Å²) in [6, 6.07) is 6.57. The quantitative estimate of drug-likeness (QED) is 0.767. The predicted molar refractivity (Wildman–Crippen MR) is 94.7 cm³/mol. The molecule has 1 aromatic rings. The predicted octanol–water partition coefficient (Wildman–Crippen LogP) is 3.33. The zero-order valence-electron chi connectivity index (χ0n) is 14.3. The van der Waals surface area contributed by atoms with Gasteiger partial charge in [-0.1, -0.05) is 24.6 Å². The molecule has 0 unspecified atom stereocenters. The number of hydrogen-bond acceptors (Lipinski definition) is 2. The Balaban J connectivity index is 1.83. The van der Waals surface area contributed by atoms with Crippen molar-refractivity contribution in [3.8, 4) is 0 Å². The molecule has 0 aliphatic carbocycles. The van der Waals surface area contributed by atoms with E-state index in [0.29, 0.717) is 30.8 Å². The fraction of sp³-hybridized carbons (Fsp3) is 0.579. The number of benzene rings is 1. The van der Waals surface area contributed by atoms with Crippen molar-refractivity contribution >= 4 is 23.4 Å². The van der Waals surface area contributed by atoms with E-state index >= 15 is 0 Å². The number of carbonyl (C=O) groups is 2. The maximum absolute atomic E-state index is 14.1. The zero-order valence-corrected chi connectivity index (χ0v) is 15.1. The molecule has 2 heterocycles. The highest BCUT2D eigenvalue weighted by Gasteiger charge is 2.42. The Bertz CT molecular complexity index is 640. The molecule has 0 spiro atoms. The first-order chi connectivity index (χ1) is 12.1. The van der Waals surface area contributed by atoms with Crippen molar-refractivity contribution in [2.24, 2.45) is 0 Å². The van der Waals surface area contributed by atoms with Gasteiger partial charge < -0.3 is 9.80 Å². The number of carbonyl (C=O) groups excluding carboxylic acids is 2. The van der Waals surface area contributed by atoms with Crippen molar-refractivity contribution in [2.45, 2.75) is 57.2 Å². The van der Waals surface area contributed by atoms with E-state index in [1.165, 1.54) is 6.07 Å². The van der Waals surface area contributed by atoms with E-state index in [0.717, 1.165) is 25.7 Å². The maximum Gasteiger partial charge on any atom is 0.224 e. The van der Waals surface area contributed by atoms with Gasteiger partial charge in [-0.2, -0.15) is 0 Å². The molecule has 2 saturated heterocycles. The topological polar surface area (TPSA) is 40.6 Å². The molecular weight excluding hydrogens is 343 g/mol. The van der Waals surface area contributed by atoms with Gasteiger partial charge in [-0.3, -0.25) is 9.59 Å². The number of fused-ring (bicyclic) bond motifs is 1. The Morgan fingerprint density at radius 3 is 2.76 bits per heavy atom. The van der Waals surface area contributed by atoms with E-state index < -0.39 is 0 Å². The van der Waals surface area contributed by atoms with Crippen LogP contribution in [0.5, 0.6) is 0 Å². The molecule has 25 heavy (non-hydrogen) atoms. The van der Waals surface area contributed by atoms with E-state index in [2.05, 4.69) is 0 Å². The highest BCUT2D eigenvalue weighted by molar-refractivity contribution is 6.18. The summed E-state index contributed by atoms with van der Waals surface area (Å²) in [6.45, 7) is 0.913. The van der Waals surface area contributed by atoms with Crippen molar-refractivity contribution in [3.05, 3.63) is 35.6 Å². The summed E-state index contributed by atoms with van der Waals surface area (Å²) in [5, 5.41) is 0. The second-order valence-electron chi connectivity index (χ2n) is 6.81. The Kier molecular flexibility index (Phi) is 5.94. The Morgan fingerprint density at radius 2 is 2.00 bits per heavy atom. The van der Waals surface area contributed by atoms with Crippen LogP contribution in [0, 0.1) is 5.82 Å². The second kappa shape index (κ2) is 8.17. The number of nitrogens with zero attached hydrogens (tertiary/aromatic N) is 2. The number of rotatable bonds is 4. The molecule has 136 valence electrons. The number of halogens is 2. The summed E-state index contributed by atoms with van der Waals surface area (Å²) in [5.74, 6) is 0.137. The highest BCUT2D eigenvalue weighted by atomic mass is 35.5. The Morgan fingerprint density at radius 1 is 1.20 bits per heavy atom. The summed E-state index contributed by atoms with van der Waals surface area (Å²) in [5.41, 5.74) is 0.528. The van der Waals surface area contributed by atoms with Gasteiger partial charge in [-0.15, -0.1) is 11.6 Å². The van der Waals surface area contributed by atoms with Crippen LogP contribution in [-0.2, 0) is 16.1 Å². The number of alkyl halides is 1. The van der Waals surface area contributed by atoms with E-state index in [1.54, 1.807) is 23.1 Å². The van der Waals surface area contributed by atoms with E-state index in [1.807, 2.05) is 4.90 Å². The third-order valence-corrected chi connectivity index (χ3v) is 5.49. The van der Waals surface area contributed by atoms with Crippen LogP contribution in [0.15, 0.2) is 24.3 Å². The van der Waals surface area contributed by atoms with Crippen LogP contribution in [0.2, 0.25) is 0 Å². The first-order valence-corrected chi connectivity index (χ1v) is 9.53. The summed E-state index contributed by atoms with van der Waals surface area (Å²) in [4.78, 5) is 28.8. The minimum Gasteiger partial charge on any atom is -0.338 e. The molecule has 2 aliphatic rings. The van der Waals surface area contributed by atoms with Crippen molar-refractivity contribution < 1.29 is 14.0 Å². The smallest absolute Gasteiger partial charge is 0.224 e. The van der Waals surface area contributed by atoms with Crippen molar-refractivity contribution in [3.63, 3.8) is 0 Å². The summed E-state index contributed by atoms with van der Waals surface area (Å²) < 4.78 is 14.1. The fourth-order valence-corrected chi connectivity index (χ4v) is 4.22. The van der Waals surface area contributed by atoms with Crippen LogP contribution in [0.1, 0.15) is 44.1 Å². The monoisotopic (exact) mass is 366 g/mol. The van der Waals surface area contributed by atoms with Crippen LogP contribution in [0.3, 0.4) is 0 Å². The molecular formula is C19H24ClFN2O2. The molecule has 0 N–H and O–H groups in total. The van der Waals surface area contributed by atoms with Crippen molar-refractivity contribution in [2.75, 3.05) is 12.4 Å². The Hall–Kier alpha value is -1.62. The zero-order chi connectivity index (χ0) is 17.8. The van der Waals surface area contributed by atoms with Gasteiger partial charge in [-0.25, -0.2) is 4.39 Å². The normalized spacial score (nSPS) is 24.0. The third kappa shape index (κ3) is 3.97. The van der Waals surface area contributed by atoms with E-state index in [-0.39, 0.29) is 36.3 Å². The largest absolute Gasteiger partial charge is 0.338 e. The Labute approximate surface area is 152 Å². The molecule has 3 rings (SSSR count). The lowest BCUT2D eigenvalue weighted by molar-refractivity contribution is -0.139. The summed E-state index contributed by atoms with van der Waals surface area (Å²) >= 11 is 5.73. The van der Waals surface area contributed by atoms with Gasteiger partial charge in [-0.05, 0) is 25.3 Å². The second-order valence-corrected chi connectivity index (χ2v) is 7.19. The van der Waals surface area contributed by atoms with Gasteiger partial charge in [0, 0.05) is 37.4 Å². The highest BCUT2D eigenvalue weighted by Crippen LogP contribution is 2.32. The van der Waals surface area contributed by atoms with Crippen molar-refractivity contribution in [1.82, 2.24) is 9.80 Å². The van der Waals surface area contributed by atoms with Gasteiger partial charge in [0.05, 0.1) is 12.1 Å². The molecule has 6 heteroatoms. The number of hydrogen-bond donors (Lipinski definition) is 0. The van der Waals surface area contributed by atoms with Gasteiger partial charge >= 0.3 is 0 Å². The molecule has 0 bridgehead atoms. The van der Waals surface area contributed by atoms with Crippen LogP contribution >= 0.6 is 11.6 Å². The molecule has 0 saturated carbocycles. The fourth-order valence-electron chi connectivity index (χ4n) is 4.06. The van der Waals surface area contributed by atoms with E-state index in [4.69, 9.17) is 11.6 Å². The first kappa shape index (κ1) is 18.2. The van der Waals surface area contributed by atoms with Crippen molar-refractivity contribution in [1.29, 1.82) is 0 Å². The van der Waals surface area contributed by atoms with Gasteiger partial charge in [0.1, 0.15) is 5.82 Å². The first-order valence-electron chi connectivity index (χ1n) is 9.00. The molecule has 4 nitrogen and oxygen atoms in total. The van der Waals surface area contributed by atoms with E-state index in [9.17, 15) is 14.0 Å². The lowest BCUT2D eigenvalue weighted by Crippen LogP contribution is -2.49. The molecule has 2 fully saturated rings. The maximum atomic E-state index is 14.1. The number of amides is 2. The summed E-state index contributed by atoms with van der Waals surface area (Å²) in [6.07, 6.45) is 4.20. The van der Waals surface area contributed by atoms with Crippen LogP contribution in [0.4, 0.5) is 4.39 Å².